The van der Waals surface area contributed by atoms with Crippen LogP contribution in [-0.2, 0) is 6.42 Å². The van der Waals surface area contributed by atoms with Crippen LogP contribution in [0.25, 0.3) is 0 Å². The van der Waals surface area contributed by atoms with Gasteiger partial charge in [-0.15, -0.1) is 0 Å². The summed E-state index contributed by atoms with van der Waals surface area (Å²) in [5.41, 5.74) is 2.37. The third-order valence-corrected chi connectivity index (χ3v) is 4.17. The first-order chi connectivity index (χ1) is 13.2. The van der Waals surface area contributed by atoms with E-state index in [1.54, 1.807) is 7.11 Å². The number of benzene rings is 2. The molecular formula is C21H23N3O3. The number of aryl methyl sites for hydroxylation is 1. The molecule has 3 rings (SSSR count). The molecule has 0 fully saturated rings. The van der Waals surface area contributed by atoms with E-state index in [0.29, 0.717) is 31.1 Å². The molecule has 0 aliphatic rings. The molecule has 0 amide bonds. The molecule has 0 saturated heterocycles. The van der Waals surface area contributed by atoms with Crippen LogP contribution in [0, 0.1) is 6.92 Å². The van der Waals surface area contributed by atoms with Gasteiger partial charge in [-0.2, -0.15) is 0 Å². The molecule has 27 heavy (non-hydrogen) atoms. The number of nitrogens with one attached hydrogen (secondary N) is 2. The summed E-state index contributed by atoms with van der Waals surface area (Å²) in [7, 11) is 1.63. The molecule has 0 radical (unpaired) electrons. The van der Waals surface area contributed by atoms with E-state index in [1.807, 2.05) is 61.5 Å². The van der Waals surface area contributed by atoms with Crippen molar-refractivity contribution in [3.05, 3.63) is 81.8 Å². The lowest BCUT2D eigenvalue weighted by Gasteiger charge is -2.10. The van der Waals surface area contributed by atoms with E-state index in [1.165, 1.54) is 0 Å². The minimum atomic E-state index is -0.120. The Hall–Kier alpha value is -3.28. The van der Waals surface area contributed by atoms with E-state index in [4.69, 9.17) is 9.47 Å². The molecular weight excluding hydrogens is 342 g/mol. The van der Waals surface area contributed by atoms with Gasteiger partial charge in [0.1, 0.15) is 18.1 Å². The third kappa shape index (κ3) is 5.10. The molecule has 3 aromatic rings. The van der Waals surface area contributed by atoms with Crippen LogP contribution in [0.5, 0.6) is 11.5 Å². The monoisotopic (exact) mass is 365 g/mol. The van der Waals surface area contributed by atoms with Crippen molar-refractivity contribution in [3.63, 3.8) is 0 Å². The van der Waals surface area contributed by atoms with Gasteiger partial charge in [-0.25, -0.2) is 4.98 Å². The predicted octanol–water partition coefficient (Wildman–Crippen LogP) is 3.17. The van der Waals surface area contributed by atoms with Gasteiger partial charge in [0.2, 0.25) is 5.95 Å². The molecule has 0 aliphatic heterocycles. The molecule has 2 N–H and O–H groups in total. The van der Waals surface area contributed by atoms with Crippen LogP contribution < -0.4 is 20.3 Å². The van der Waals surface area contributed by atoms with Gasteiger partial charge in [-0.05, 0) is 36.8 Å². The van der Waals surface area contributed by atoms with Crippen LogP contribution in [0.1, 0.15) is 16.8 Å². The predicted molar refractivity (Wildman–Crippen MR) is 106 cm³/mol. The highest BCUT2D eigenvalue weighted by Crippen LogP contribution is 2.16. The smallest absolute Gasteiger partial charge is 0.256 e. The van der Waals surface area contributed by atoms with E-state index in [-0.39, 0.29) is 5.56 Å². The Balaban J connectivity index is 1.55. The summed E-state index contributed by atoms with van der Waals surface area (Å²) in [6.07, 6.45) is 0.565. The van der Waals surface area contributed by atoms with Crippen molar-refractivity contribution < 1.29 is 9.47 Å². The molecule has 2 aromatic carbocycles. The quantitative estimate of drug-likeness (QED) is 0.600. The summed E-state index contributed by atoms with van der Waals surface area (Å²) in [5, 5.41) is 3.09. The van der Waals surface area contributed by atoms with Gasteiger partial charge >= 0.3 is 0 Å². The number of aromatic nitrogens is 2. The number of anilines is 1. The minimum absolute atomic E-state index is 0.120. The summed E-state index contributed by atoms with van der Waals surface area (Å²) in [6.45, 7) is 2.82. The Bertz CT molecular complexity index is 922. The molecule has 6 heteroatoms. The van der Waals surface area contributed by atoms with Gasteiger partial charge in [-0.3, -0.25) is 9.78 Å². The summed E-state index contributed by atoms with van der Waals surface area (Å²) in [4.78, 5) is 19.7. The van der Waals surface area contributed by atoms with E-state index < -0.39 is 0 Å². The maximum absolute atomic E-state index is 12.4. The zero-order chi connectivity index (χ0) is 19.1. The van der Waals surface area contributed by atoms with Crippen molar-refractivity contribution in [1.82, 2.24) is 9.97 Å². The van der Waals surface area contributed by atoms with Gasteiger partial charge in [-0.1, -0.05) is 30.3 Å². The molecule has 0 aliphatic carbocycles. The van der Waals surface area contributed by atoms with Gasteiger partial charge in [0.05, 0.1) is 19.3 Å². The Labute approximate surface area is 158 Å². The van der Waals surface area contributed by atoms with Gasteiger partial charge in [0.25, 0.3) is 5.56 Å². The first-order valence-corrected chi connectivity index (χ1v) is 8.80. The number of H-pyrrole nitrogens is 1. The highest BCUT2D eigenvalue weighted by atomic mass is 16.5. The molecule has 0 bridgehead atoms. The number of hydrogen-bond donors (Lipinski definition) is 2. The van der Waals surface area contributed by atoms with Crippen LogP contribution in [0.15, 0.2) is 59.4 Å². The first kappa shape index (κ1) is 18.5. The fourth-order valence-corrected chi connectivity index (χ4v) is 2.71. The minimum Gasteiger partial charge on any atom is -0.497 e. The molecule has 1 aromatic heterocycles. The maximum Gasteiger partial charge on any atom is 0.256 e. The summed E-state index contributed by atoms with van der Waals surface area (Å²) in [5.74, 6) is 1.99. The van der Waals surface area contributed by atoms with Gasteiger partial charge in [0, 0.05) is 12.0 Å². The van der Waals surface area contributed by atoms with Crippen LogP contribution in [0.2, 0.25) is 0 Å². The van der Waals surface area contributed by atoms with Crippen molar-refractivity contribution in [2.45, 2.75) is 13.3 Å². The number of ether oxygens (including phenoxy) is 2. The van der Waals surface area contributed by atoms with Crippen LogP contribution in [0.3, 0.4) is 0 Å². The Morgan fingerprint density at radius 1 is 1.04 bits per heavy atom. The lowest BCUT2D eigenvalue weighted by molar-refractivity contribution is 0.331. The Kier molecular flexibility index (Phi) is 6.10. The highest BCUT2D eigenvalue weighted by Gasteiger charge is 2.09. The second-order valence-corrected chi connectivity index (χ2v) is 6.09. The lowest BCUT2D eigenvalue weighted by Crippen LogP contribution is -2.21. The second kappa shape index (κ2) is 8.89. The SMILES string of the molecule is COc1ccc(OCCNc2nc(C)c(Cc3ccccc3)c(=O)[nH]2)cc1. The second-order valence-electron chi connectivity index (χ2n) is 6.09. The number of rotatable bonds is 8. The van der Waals surface area contributed by atoms with E-state index in [2.05, 4.69) is 15.3 Å². The number of methoxy groups -OCH3 is 1. The number of hydrogen-bond acceptors (Lipinski definition) is 5. The Morgan fingerprint density at radius 3 is 2.41 bits per heavy atom. The fraction of sp³-hybridized carbons (Fsp3) is 0.238. The first-order valence-electron chi connectivity index (χ1n) is 8.80. The summed E-state index contributed by atoms with van der Waals surface area (Å²) < 4.78 is 10.8. The van der Waals surface area contributed by atoms with Crippen molar-refractivity contribution >= 4 is 5.95 Å². The molecule has 140 valence electrons. The maximum atomic E-state index is 12.4. The zero-order valence-corrected chi connectivity index (χ0v) is 15.5. The average Bonchev–Trinajstić information content (AvgIpc) is 2.69. The lowest BCUT2D eigenvalue weighted by atomic mass is 10.1. The normalized spacial score (nSPS) is 10.4. The third-order valence-electron chi connectivity index (χ3n) is 4.17. The molecule has 0 atom stereocenters. The van der Waals surface area contributed by atoms with Crippen LogP contribution in [-0.4, -0.2) is 30.2 Å². The Morgan fingerprint density at radius 2 is 1.74 bits per heavy atom. The van der Waals surface area contributed by atoms with Crippen molar-refractivity contribution in [2.75, 3.05) is 25.6 Å². The fourth-order valence-electron chi connectivity index (χ4n) is 2.71. The van der Waals surface area contributed by atoms with Gasteiger partial charge in [0.15, 0.2) is 0 Å². The average molecular weight is 365 g/mol. The van der Waals surface area contributed by atoms with Crippen molar-refractivity contribution in [2.24, 2.45) is 0 Å². The van der Waals surface area contributed by atoms with E-state index in [0.717, 1.165) is 22.8 Å². The zero-order valence-electron chi connectivity index (χ0n) is 15.5. The van der Waals surface area contributed by atoms with Crippen LogP contribution in [0.4, 0.5) is 5.95 Å². The van der Waals surface area contributed by atoms with Crippen LogP contribution >= 0.6 is 0 Å². The molecule has 6 nitrogen and oxygen atoms in total. The van der Waals surface area contributed by atoms with Gasteiger partial charge < -0.3 is 14.8 Å². The molecule has 1 heterocycles. The molecule has 0 saturated carbocycles. The molecule has 0 spiro atoms. The summed E-state index contributed by atoms with van der Waals surface area (Å²) in [6, 6.07) is 17.3. The largest absolute Gasteiger partial charge is 0.497 e. The van der Waals surface area contributed by atoms with E-state index >= 15 is 0 Å². The topological polar surface area (TPSA) is 76.2 Å². The highest BCUT2D eigenvalue weighted by molar-refractivity contribution is 5.33. The van der Waals surface area contributed by atoms with E-state index in [9.17, 15) is 4.79 Å². The summed E-state index contributed by atoms with van der Waals surface area (Å²) >= 11 is 0. The number of aromatic amines is 1. The molecule has 0 unspecified atom stereocenters. The van der Waals surface area contributed by atoms with Crippen molar-refractivity contribution in [1.29, 1.82) is 0 Å². The number of nitrogens with zero attached hydrogens (tertiary/aromatic N) is 1. The van der Waals surface area contributed by atoms with Crippen molar-refractivity contribution in [3.8, 4) is 11.5 Å². The standard InChI is InChI=1S/C21H23N3O3/c1-15-19(14-16-6-4-3-5-7-16)20(25)24-21(23-15)22-12-13-27-18-10-8-17(26-2)9-11-18/h3-11H,12-14H2,1-2H3,(H2,22,23,24,25).